The number of hydrogen-bond acceptors (Lipinski definition) is 4. The second-order valence-electron chi connectivity index (χ2n) is 5.26. The summed E-state index contributed by atoms with van der Waals surface area (Å²) >= 11 is 0. The Hall–Kier alpha value is -2.11. The highest BCUT2D eigenvalue weighted by Crippen LogP contribution is 2.19. The Balaban J connectivity index is 1.97. The highest BCUT2D eigenvalue weighted by atomic mass is 16.5. The van der Waals surface area contributed by atoms with Gasteiger partial charge in [0.25, 0.3) is 0 Å². The summed E-state index contributed by atoms with van der Waals surface area (Å²) in [5, 5.41) is 11.1. The van der Waals surface area contributed by atoms with Gasteiger partial charge in [-0.05, 0) is 39.2 Å². The zero-order valence-corrected chi connectivity index (χ0v) is 13.3. The van der Waals surface area contributed by atoms with E-state index in [1.807, 2.05) is 39.4 Å². The zero-order valence-electron chi connectivity index (χ0n) is 13.3. The van der Waals surface area contributed by atoms with Crippen LogP contribution in [-0.4, -0.2) is 20.8 Å². The van der Waals surface area contributed by atoms with Crippen molar-refractivity contribution in [1.29, 1.82) is 0 Å². The number of aromatic nitrogens is 3. The number of nitrogens with zero attached hydrogens (tertiary/aromatic N) is 3. The van der Waals surface area contributed by atoms with E-state index in [4.69, 9.17) is 4.52 Å². The van der Waals surface area contributed by atoms with E-state index in [0.29, 0.717) is 18.7 Å². The highest BCUT2D eigenvalue weighted by Gasteiger charge is 2.15. The molecule has 0 radical (unpaired) electrons. The SMILES string of the molecule is CCc1noc(NC(=O)CCc2c(C)nn(C)c2C)c1C. The first kappa shape index (κ1) is 15.3. The number of nitrogens with one attached hydrogen (secondary N) is 1. The summed E-state index contributed by atoms with van der Waals surface area (Å²) < 4.78 is 7.01. The van der Waals surface area contributed by atoms with Gasteiger partial charge in [0.1, 0.15) is 0 Å². The van der Waals surface area contributed by atoms with Crippen LogP contribution in [-0.2, 0) is 24.7 Å². The van der Waals surface area contributed by atoms with Gasteiger partial charge in [0, 0.05) is 24.7 Å². The lowest BCUT2D eigenvalue weighted by atomic mass is 10.1. The molecule has 0 saturated heterocycles. The number of hydrogen-bond donors (Lipinski definition) is 1. The van der Waals surface area contributed by atoms with Crippen molar-refractivity contribution < 1.29 is 9.32 Å². The molecule has 2 rings (SSSR count). The van der Waals surface area contributed by atoms with Gasteiger partial charge >= 0.3 is 0 Å². The lowest BCUT2D eigenvalue weighted by Crippen LogP contribution is -2.13. The second-order valence-corrected chi connectivity index (χ2v) is 5.26. The summed E-state index contributed by atoms with van der Waals surface area (Å²) in [5.41, 5.74) is 5.00. The number of carbonyl (C=O) groups is 1. The number of aryl methyl sites for hydroxylation is 3. The molecule has 0 aliphatic rings. The van der Waals surface area contributed by atoms with Crippen molar-refractivity contribution in [3.63, 3.8) is 0 Å². The van der Waals surface area contributed by atoms with Gasteiger partial charge < -0.3 is 4.52 Å². The molecular formula is C15H22N4O2. The average Bonchev–Trinajstić information content (AvgIpc) is 2.90. The Morgan fingerprint density at radius 1 is 1.33 bits per heavy atom. The Morgan fingerprint density at radius 3 is 2.57 bits per heavy atom. The van der Waals surface area contributed by atoms with Crippen LogP contribution in [0.15, 0.2) is 4.52 Å². The van der Waals surface area contributed by atoms with Crippen molar-refractivity contribution in [2.24, 2.45) is 7.05 Å². The number of rotatable bonds is 5. The zero-order chi connectivity index (χ0) is 15.6. The molecule has 2 aromatic rings. The van der Waals surface area contributed by atoms with Crippen molar-refractivity contribution in [2.75, 3.05) is 5.32 Å². The van der Waals surface area contributed by atoms with Crippen LogP contribution in [0.2, 0.25) is 0 Å². The van der Waals surface area contributed by atoms with Gasteiger partial charge in [-0.15, -0.1) is 0 Å². The van der Waals surface area contributed by atoms with E-state index < -0.39 is 0 Å². The topological polar surface area (TPSA) is 73.0 Å². The fraction of sp³-hybridized carbons (Fsp3) is 0.533. The van der Waals surface area contributed by atoms with Crippen LogP contribution in [0.3, 0.4) is 0 Å². The fourth-order valence-corrected chi connectivity index (χ4v) is 2.42. The van der Waals surface area contributed by atoms with Crippen LogP contribution in [0.5, 0.6) is 0 Å². The first-order chi connectivity index (χ1) is 9.93. The molecule has 0 atom stereocenters. The molecule has 2 aromatic heterocycles. The molecule has 114 valence electrons. The van der Waals surface area contributed by atoms with Crippen molar-refractivity contribution in [3.05, 3.63) is 28.2 Å². The van der Waals surface area contributed by atoms with Crippen molar-refractivity contribution in [2.45, 2.75) is 47.0 Å². The molecule has 0 aliphatic carbocycles. The van der Waals surface area contributed by atoms with Gasteiger partial charge in [0.2, 0.25) is 11.8 Å². The first-order valence-electron chi connectivity index (χ1n) is 7.18. The lowest BCUT2D eigenvalue weighted by Gasteiger charge is -2.03. The third-order valence-corrected chi connectivity index (χ3v) is 3.87. The molecule has 0 aliphatic heterocycles. The van der Waals surface area contributed by atoms with E-state index >= 15 is 0 Å². The van der Waals surface area contributed by atoms with Crippen LogP contribution < -0.4 is 5.32 Å². The molecule has 0 bridgehead atoms. The Morgan fingerprint density at radius 2 is 2.05 bits per heavy atom. The van der Waals surface area contributed by atoms with E-state index in [-0.39, 0.29) is 5.91 Å². The molecule has 0 fully saturated rings. The first-order valence-corrected chi connectivity index (χ1v) is 7.18. The maximum Gasteiger partial charge on any atom is 0.234 e. The maximum absolute atomic E-state index is 12.0. The maximum atomic E-state index is 12.0. The van der Waals surface area contributed by atoms with Crippen LogP contribution in [0.4, 0.5) is 5.88 Å². The molecule has 2 heterocycles. The molecule has 1 N–H and O–H groups in total. The molecule has 21 heavy (non-hydrogen) atoms. The molecule has 0 aromatic carbocycles. The second kappa shape index (κ2) is 6.11. The third kappa shape index (κ3) is 3.15. The fourth-order valence-electron chi connectivity index (χ4n) is 2.42. The quantitative estimate of drug-likeness (QED) is 0.918. The van der Waals surface area contributed by atoms with Crippen LogP contribution >= 0.6 is 0 Å². The lowest BCUT2D eigenvalue weighted by molar-refractivity contribution is -0.116. The van der Waals surface area contributed by atoms with Crippen LogP contribution in [0, 0.1) is 20.8 Å². The van der Waals surface area contributed by atoms with E-state index in [9.17, 15) is 4.79 Å². The summed E-state index contributed by atoms with van der Waals surface area (Å²) in [6.45, 7) is 7.89. The van der Waals surface area contributed by atoms with Gasteiger partial charge in [-0.2, -0.15) is 5.10 Å². The number of anilines is 1. The van der Waals surface area contributed by atoms with Gasteiger partial charge in [-0.1, -0.05) is 12.1 Å². The number of amides is 1. The Kier molecular flexibility index (Phi) is 4.45. The van der Waals surface area contributed by atoms with E-state index in [1.54, 1.807) is 0 Å². The van der Waals surface area contributed by atoms with Crippen molar-refractivity contribution in [3.8, 4) is 0 Å². The van der Waals surface area contributed by atoms with Crippen molar-refractivity contribution in [1.82, 2.24) is 14.9 Å². The Bertz CT molecular complexity index is 655. The van der Waals surface area contributed by atoms with E-state index in [0.717, 1.165) is 34.6 Å². The summed E-state index contributed by atoms with van der Waals surface area (Å²) in [6, 6.07) is 0. The molecule has 0 unspecified atom stereocenters. The van der Waals surface area contributed by atoms with Gasteiger partial charge in [0.15, 0.2) is 0 Å². The molecule has 0 saturated carbocycles. The molecule has 0 spiro atoms. The predicted molar refractivity (Wildman–Crippen MR) is 80.3 cm³/mol. The molecule has 6 heteroatoms. The summed E-state index contributed by atoms with van der Waals surface area (Å²) in [6.07, 6.45) is 1.86. The summed E-state index contributed by atoms with van der Waals surface area (Å²) in [5.74, 6) is 0.385. The molecule has 6 nitrogen and oxygen atoms in total. The van der Waals surface area contributed by atoms with Gasteiger partial charge in [-0.3, -0.25) is 14.8 Å². The van der Waals surface area contributed by atoms with Crippen molar-refractivity contribution >= 4 is 11.8 Å². The largest absolute Gasteiger partial charge is 0.338 e. The standard InChI is InChI=1S/C15H22N4O2/c1-6-13-9(2)15(21-18-13)16-14(20)8-7-12-10(3)17-19(5)11(12)4/h6-8H2,1-5H3,(H,16,20). The van der Waals surface area contributed by atoms with Crippen LogP contribution in [0.25, 0.3) is 0 Å². The van der Waals surface area contributed by atoms with E-state index in [1.165, 1.54) is 0 Å². The van der Waals surface area contributed by atoms with Gasteiger partial charge in [-0.25, -0.2) is 0 Å². The predicted octanol–water partition coefficient (Wildman–Crippen LogP) is 2.47. The van der Waals surface area contributed by atoms with E-state index in [2.05, 4.69) is 15.6 Å². The summed E-state index contributed by atoms with van der Waals surface area (Å²) in [4.78, 5) is 12.0. The Labute approximate surface area is 124 Å². The molecular weight excluding hydrogens is 268 g/mol. The van der Waals surface area contributed by atoms with Gasteiger partial charge in [0.05, 0.1) is 11.4 Å². The highest BCUT2D eigenvalue weighted by molar-refractivity contribution is 5.90. The monoisotopic (exact) mass is 290 g/mol. The van der Waals surface area contributed by atoms with Crippen LogP contribution in [0.1, 0.15) is 41.6 Å². The smallest absolute Gasteiger partial charge is 0.234 e. The minimum atomic E-state index is -0.0699. The third-order valence-electron chi connectivity index (χ3n) is 3.87. The normalized spacial score (nSPS) is 10.9. The average molecular weight is 290 g/mol. The molecule has 1 amide bonds. The minimum Gasteiger partial charge on any atom is -0.338 e. The summed E-state index contributed by atoms with van der Waals surface area (Å²) in [7, 11) is 1.91. The number of carbonyl (C=O) groups excluding carboxylic acids is 1. The minimum absolute atomic E-state index is 0.0699.